The van der Waals surface area contributed by atoms with Crippen LogP contribution in [-0.2, 0) is 16.1 Å². The number of carbonyl (C=O) groups is 1. The maximum Gasteiger partial charge on any atom is 0.338 e. The van der Waals surface area contributed by atoms with Gasteiger partial charge >= 0.3 is 5.97 Å². The van der Waals surface area contributed by atoms with E-state index in [0.29, 0.717) is 37.1 Å². The van der Waals surface area contributed by atoms with Crippen LogP contribution >= 0.6 is 38.9 Å². The molecule has 0 saturated heterocycles. The van der Waals surface area contributed by atoms with Gasteiger partial charge in [-0.25, -0.2) is 9.79 Å². The summed E-state index contributed by atoms with van der Waals surface area (Å²) in [6.07, 6.45) is 1.43. The highest BCUT2D eigenvalue weighted by atomic mass is 79.9. The van der Waals surface area contributed by atoms with E-state index in [-0.39, 0.29) is 23.8 Å². The van der Waals surface area contributed by atoms with Gasteiger partial charge in [-0.15, -0.1) is 0 Å². The second kappa shape index (κ2) is 12.7. The van der Waals surface area contributed by atoms with Crippen LogP contribution in [0.4, 0.5) is 0 Å². The monoisotopic (exact) mass is 666 g/mol. The van der Waals surface area contributed by atoms with E-state index in [2.05, 4.69) is 20.9 Å². The Hall–Kier alpha value is -3.66. The summed E-state index contributed by atoms with van der Waals surface area (Å²) in [5.74, 6) is 0.595. The van der Waals surface area contributed by atoms with Crippen molar-refractivity contribution in [2.45, 2.75) is 39.5 Å². The van der Waals surface area contributed by atoms with Crippen molar-refractivity contribution in [3.05, 3.63) is 124 Å². The van der Waals surface area contributed by atoms with Gasteiger partial charge < -0.3 is 14.2 Å². The summed E-state index contributed by atoms with van der Waals surface area (Å²) >= 11 is 11.1. The summed E-state index contributed by atoms with van der Waals surface area (Å²) in [4.78, 5) is 32.7. The van der Waals surface area contributed by atoms with Crippen molar-refractivity contribution >= 4 is 50.9 Å². The second-order valence-electron chi connectivity index (χ2n) is 9.84. The largest absolute Gasteiger partial charge is 0.496 e. The molecule has 0 fully saturated rings. The number of methoxy groups -OCH3 is 1. The van der Waals surface area contributed by atoms with Crippen LogP contribution in [0.3, 0.4) is 0 Å². The smallest absolute Gasteiger partial charge is 0.338 e. The van der Waals surface area contributed by atoms with Crippen LogP contribution in [0.2, 0.25) is 5.02 Å². The Labute approximate surface area is 260 Å². The number of nitrogens with zero attached hydrogens (tertiary/aromatic N) is 2. The molecular formula is C32H28BrClN2O5S. The zero-order valence-corrected chi connectivity index (χ0v) is 26.5. The minimum atomic E-state index is -0.811. The molecule has 1 atom stereocenters. The van der Waals surface area contributed by atoms with Crippen molar-refractivity contribution in [2.75, 3.05) is 7.11 Å². The van der Waals surface area contributed by atoms with Gasteiger partial charge in [0.25, 0.3) is 5.56 Å². The molecule has 0 spiro atoms. The average Bonchev–Trinajstić information content (AvgIpc) is 3.26. The Morgan fingerprint density at radius 2 is 1.86 bits per heavy atom. The van der Waals surface area contributed by atoms with E-state index in [9.17, 15) is 9.59 Å². The molecule has 0 amide bonds. The van der Waals surface area contributed by atoms with Gasteiger partial charge in [0.2, 0.25) is 0 Å². The number of allylic oxidation sites excluding steroid dienone is 1. The first-order chi connectivity index (χ1) is 20.2. The van der Waals surface area contributed by atoms with Crippen molar-refractivity contribution in [3.8, 4) is 11.5 Å². The fourth-order valence-corrected chi connectivity index (χ4v) is 6.32. The van der Waals surface area contributed by atoms with Crippen molar-refractivity contribution < 1.29 is 19.0 Å². The van der Waals surface area contributed by atoms with E-state index in [1.54, 1.807) is 40.0 Å². The minimum Gasteiger partial charge on any atom is -0.496 e. The maximum atomic E-state index is 14.1. The Morgan fingerprint density at radius 3 is 2.60 bits per heavy atom. The lowest BCUT2D eigenvalue weighted by molar-refractivity contribution is -0.143. The Morgan fingerprint density at radius 1 is 1.12 bits per heavy atom. The number of halogens is 2. The number of fused-ring (bicyclic) bond motifs is 1. The van der Waals surface area contributed by atoms with E-state index in [1.807, 2.05) is 60.7 Å². The molecule has 1 aliphatic heterocycles. The van der Waals surface area contributed by atoms with Crippen LogP contribution in [0, 0.1) is 0 Å². The fraction of sp³-hybridized carbons (Fsp3) is 0.219. The lowest BCUT2D eigenvalue weighted by Crippen LogP contribution is -2.40. The van der Waals surface area contributed by atoms with E-state index < -0.39 is 12.0 Å². The van der Waals surface area contributed by atoms with E-state index >= 15 is 0 Å². The fourth-order valence-electron chi connectivity index (χ4n) is 4.72. The molecule has 5 rings (SSSR count). The summed E-state index contributed by atoms with van der Waals surface area (Å²) in [7, 11) is 1.55. The Bertz CT molecular complexity index is 1880. The van der Waals surface area contributed by atoms with Crippen LogP contribution in [0.5, 0.6) is 11.5 Å². The summed E-state index contributed by atoms with van der Waals surface area (Å²) in [5.41, 5.74) is 2.67. The van der Waals surface area contributed by atoms with Crippen molar-refractivity contribution in [1.29, 1.82) is 0 Å². The Balaban J connectivity index is 1.65. The number of hydrogen-bond donors (Lipinski definition) is 0. The number of aromatic nitrogens is 1. The minimum absolute atomic E-state index is 0.273. The molecule has 1 aromatic heterocycles. The van der Waals surface area contributed by atoms with Gasteiger partial charge in [0.05, 0.1) is 29.0 Å². The lowest BCUT2D eigenvalue weighted by atomic mass is 9.95. The van der Waals surface area contributed by atoms with Gasteiger partial charge in [0.1, 0.15) is 24.1 Å². The SMILES string of the molecule is COc1ccc(Br)cc1[C@@H]1C(C(=O)OC(C)C)=C(C)N=c2s/c(=C\c3ccccc3OCc3ccccc3Cl)c(=O)n21. The summed E-state index contributed by atoms with van der Waals surface area (Å²) < 4.78 is 20.1. The highest BCUT2D eigenvalue weighted by molar-refractivity contribution is 9.10. The quantitative estimate of drug-likeness (QED) is 0.210. The number of hydrogen-bond acceptors (Lipinski definition) is 7. The van der Waals surface area contributed by atoms with E-state index in [0.717, 1.165) is 15.6 Å². The first kappa shape index (κ1) is 29.8. The summed E-state index contributed by atoms with van der Waals surface area (Å²) in [6, 6.07) is 19.6. The third-order valence-electron chi connectivity index (χ3n) is 6.62. The molecule has 2 heterocycles. The molecule has 0 aliphatic carbocycles. The van der Waals surface area contributed by atoms with Gasteiger partial charge in [-0.2, -0.15) is 0 Å². The molecule has 42 heavy (non-hydrogen) atoms. The number of benzene rings is 3. The number of carbonyl (C=O) groups excluding carboxylic acids is 1. The van der Waals surface area contributed by atoms with Gasteiger partial charge in [-0.05, 0) is 57.2 Å². The van der Waals surface area contributed by atoms with E-state index in [1.165, 1.54) is 15.9 Å². The van der Waals surface area contributed by atoms with Crippen LogP contribution < -0.4 is 24.4 Å². The summed E-state index contributed by atoms with van der Waals surface area (Å²) in [6.45, 7) is 5.59. The first-order valence-corrected chi connectivity index (χ1v) is 15.2. The van der Waals surface area contributed by atoms with Crippen LogP contribution in [0.1, 0.15) is 43.5 Å². The zero-order chi connectivity index (χ0) is 30.0. The molecule has 4 aromatic rings. The molecule has 0 N–H and O–H groups in total. The highest BCUT2D eigenvalue weighted by Crippen LogP contribution is 2.37. The second-order valence-corrected chi connectivity index (χ2v) is 12.2. The van der Waals surface area contributed by atoms with Crippen LogP contribution in [-0.4, -0.2) is 23.8 Å². The predicted octanol–water partition coefficient (Wildman–Crippen LogP) is 6.19. The average molecular weight is 668 g/mol. The molecular weight excluding hydrogens is 640 g/mol. The third kappa shape index (κ3) is 6.09. The molecule has 10 heteroatoms. The van der Waals surface area contributed by atoms with E-state index in [4.69, 9.17) is 25.8 Å². The van der Waals surface area contributed by atoms with Crippen molar-refractivity contribution in [3.63, 3.8) is 0 Å². The molecule has 0 radical (unpaired) electrons. The maximum absolute atomic E-state index is 14.1. The van der Waals surface area contributed by atoms with Crippen molar-refractivity contribution in [2.24, 2.45) is 4.99 Å². The molecule has 3 aromatic carbocycles. The Kier molecular flexibility index (Phi) is 9.01. The molecule has 0 bridgehead atoms. The molecule has 0 unspecified atom stereocenters. The first-order valence-electron chi connectivity index (χ1n) is 13.2. The number of ether oxygens (including phenoxy) is 3. The molecule has 7 nitrogen and oxygen atoms in total. The molecule has 1 aliphatic rings. The lowest BCUT2D eigenvalue weighted by Gasteiger charge is -2.26. The normalized spacial score (nSPS) is 14.9. The number of para-hydroxylation sites is 1. The number of thiazole rings is 1. The predicted molar refractivity (Wildman–Crippen MR) is 168 cm³/mol. The topological polar surface area (TPSA) is 79.1 Å². The van der Waals surface area contributed by atoms with Crippen molar-refractivity contribution in [1.82, 2.24) is 4.57 Å². The van der Waals surface area contributed by atoms with Gasteiger partial charge in [0, 0.05) is 26.2 Å². The third-order valence-corrected chi connectivity index (χ3v) is 8.46. The highest BCUT2D eigenvalue weighted by Gasteiger charge is 2.35. The zero-order valence-electron chi connectivity index (χ0n) is 23.4. The molecule has 0 saturated carbocycles. The van der Waals surface area contributed by atoms with Crippen LogP contribution in [0.15, 0.2) is 92.3 Å². The summed E-state index contributed by atoms with van der Waals surface area (Å²) in [5, 5.41) is 0.619. The molecule has 216 valence electrons. The standard InChI is InChI=1S/C32H28BrClN2O5S/c1-18(2)41-31(38)28-19(3)35-32-36(29(28)23-16-22(33)13-14-26(23)39-4)30(37)27(42-32)15-20-9-6-8-12-25(20)40-17-21-10-5-7-11-24(21)34/h5-16,18,29H,17H2,1-4H3/b27-15-/t29-/m1/s1. The van der Waals surface area contributed by atoms with Gasteiger partial charge in [0.15, 0.2) is 4.80 Å². The van der Waals surface area contributed by atoms with Gasteiger partial charge in [-0.3, -0.25) is 9.36 Å². The number of esters is 1. The van der Waals surface area contributed by atoms with Crippen LogP contribution in [0.25, 0.3) is 6.08 Å². The van der Waals surface area contributed by atoms with Gasteiger partial charge in [-0.1, -0.05) is 75.3 Å². The number of rotatable bonds is 8.